The molecule has 0 fully saturated rings. The highest BCUT2D eigenvalue weighted by Gasteiger charge is 2.15. The van der Waals surface area contributed by atoms with Crippen molar-refractivity contribution in [3.63, 3.8) is 0 Å². The van der Waals surface area contributed by atoms with Gasteiger partial charge in [-0.2, -0.15) is 0 Å². The van der Waals surface area contributed by atoms with Gasteiger partial charge in [0.05, 0.1) is 4.90 Å². The van der Waals surface area contributed by atoms with Gasteiger partial charge in [0.25, 0.3) is 0 Å². The lowest BCUT2D eigenvalue weighted by Gasteiger charge is -2.23. The third-order valence-electron chi connectivity index (χ3n) is 4.00. The maximum atomic E-state index is 12.3. The minimum atomic E-state index is -3.59. The van der Waals surface area contributed by atoms with E-state index in [-0.39, 0.29) is 4.90 Å². The van der Waals surface area contributed by atoms with Crippen molar-refractivity contribution in [2.75, 3.05) is 20.1 Å². The van der Waals surface area contributed by atoms with Crippen LogP contribution in [0, 0.1) is 0 Å². The van der Waals surface area contributed by atoms with E-state index in [0.29, 0.717) is 30.1 Å². The molecule has 0 radical (unpaired) electrons. The smallest absolute Gasteiger partial charge is 0.336 e. The molecule has 0 aliphatic rings. The van der Waals surface area contributed by atoms with E-state index >= 15 is 0 Å². The van der Waals surface area contributed by atoms with Crippen LogP contribution in [0.3, 0.4) is 0 Å². The number of likely N-dealkylation sites (N-methyl/N-ethyl adjacent to an activating group) is 1. The maximum Gasteiger partial charge on any atom is 0.336 e. The summed E-state index contributed by atoms with van der Waals surface area (Å²) in [7, 11) is -1.61. The Hall–Kier alpha value is -1.70. The van der Waals surface area contributed by atoms with E-state index in [1.54, 1.807) is 6.07 Å². The van der Waals surface area contributed by atoms with E-state index in [1.807, 2.05) is 7.05 Å². The number of benzene rings is 1. The minimum Gasteiger partial charge on any atom is -0.423 e. The molecule has 23 heavy (non-hydrogen) atoms. The Morgan fingerprint density at radius 2 is 2.00 bits per heavy atom. The highest BCUT2D eigenvalue weighted by Crippen LogP contribution is 2.17. The maximum absolute atomic E-state index is 12.3. The third kappa shape index (κ3) is 4.40. The van der Waals surface area contributed by atoms with Crippen molar-refractivity contribution in [3.05, 3.63) is 40.8 Å². The molecule has 0 aliphatic carbocycles. The molecule has 1 N–H and O–H groups in total. The van der Waals surface area contributed by atoms with Crippen LogP contribution < -0.4 is 10.3 Å². The second kappa shape index (κ2) is 7.25. The Balaban J connectivity index is 2.10. The van der Waals surface area contributed by atoms with Crippen LogP contribution in [-0.4, -0.2) is 39.5 Å². The third-order valence-corrected chi connectivity index (χ3v) is 5.46. The summed E-state index contributed by atoms with van der Waals surface area (Å²) in [6.45, 7) is 5.17. The molecular weight excluding hydrogens is 316 g/mol. The molecule has 0 saturated carbocycles. The lowest BCUT2D eigenvalue weighted by Crippen LogP contribution is -2.37. The van der Waals surface area contributed by atoms with E-state index in [2.05, 4.69) is 23.5 Å². The van der Waals surface area contributed by atoms with Crippen molar-refractivity contribution < 1.29 is 12.8 Å². The Morgan fingerprint density at radius 3 is 2.70 bits per heavy atom. The normalized spacial score (nSPS) is 13.6. The van der Waals surface area contributed by atoms with E-state index in [4.69, 9.17) is 4.42 Å². The Morgan fingerprint density at radius 1 is 1.26 bits per heavy atom. The molecule has 6 nitrogen and oxygen atoms in total. The summed E-state index contributed by atoms with van der Waals surface area (Å²) in [6.07, 6.45) is 1.01. The van der Waals surface area contributed by atoms with Gasteiger partial charge in [0.1, 0.15) is 5.58 Å². The van der Waals surface area contributed by atoms with Crippen LogP contribution >= 0.6 is 0 Å². The monoisotopic (exact) mass is 338 g/mol. The molecule has 0 unspecified atom stereocenters. The fourth-order valence-corrected chi connectivity index (χ4v) is 3.24. The van der Waals surface area contributed by atoms with Crippen LogP contribution in [0.2, 0.25) is 0 Å². The number of sulfonamides is 1. The lowest BCUT2D eigenvalue weighted by atomic mass is 10.2. The molecule has 1 atom stereocenters. The first-order valence-corrected chi connectivity index (χ1v) is 9.05. The van der Waals surface area contributed by atoms with Gasteiger partial charge in [-0.15, -0.1) is 0 Å². The summed E-state index contributed by atoms with van der Waals surface area (Å²) in [5, 5.41) is 0.573. The van der Waals surface area contributed by atoms with Crippen molar-refractivity contribution in [2.24, 2.45) is 0 Å². The highest BCUT2D eigenvalue weighted by atomic mass is 32.2. The largest absolute Gasteiger partial charge is 0.423 e. The number of nitrogens with zero attached hydrogens (tertiary/aromatic N) is 1. The SMILES string of the molecule is CC[C@@H](C)N(C)CCNS(=O)(=O)c1ccc2oc(=O)ccc2c1. The number of rotatable bonds is 7. The summed E-state index contributed by atoms with van der Waals surface area (Å²) < 4.78 is 32.3. The molecular formula is C16H22N2O4S. The predicted molar refractivity (Wildman–Crippen MR) is 90.1 cm³/mol. The molecule has 1 aromatic heterocycles. The topological polar surface area (TPSA) is 79.6 Å². The Bertz CT molecular complexity index is 829. The Labute approximate surface area is 136 Å². The molecule has 1 aromatic carbocycles. The fourth-order valence-electron chi connectivity index (χ4n) is 2.19. The first-order chi connectivity index (χ1) is 10.8. The van der Waals surface area contributed by atoms with E-state index in [9.17, 15) is 13.2 Å². The summed E-state index contributed by atoms with van der Waals surface area (Å²) in [4.78, 5) is 13.4. The van der Waals surface area contributed by atoms with Gasteiger partial charge in [-0.25, -0.2) is 17.9 Å². The zero-order chi connectivity index (χ0) is 17.0. The molecule has 2 rings (SSSR count). The van der Waals surface area contributed by atoms with Gasteiger partial charge in [-0.3, -0.25) is 0 Å². The van der Waals surface area contributed by atoms with Gasteiger partial charge in [0.15, 0.2) is 0 Å². The summed E-state index contributed by atoms with van der Waals surface area (Å²) in [6, 6.07) is 7.66. The van der Waals surface area contributed by atoms with Gasteiger partial charge < -0.3 is 9.32 Å². The van der Waals surface area contributed by atoms with Gasteiger partial charge in [-0.05, 0) is 44.7 Å². The molecule has 126 valence electrons. The second-order valence-electron chi connectivity index (χ2n) is 5.59. The quantitative estimate of drug-likeness (QED) is 0.779. The molecule has 1 heterocycles. The van der Waals surface area contributed by atoms with Crippen LogP contribution in [0.5, 0.6) is 0 Å². The summed E-state index contributed by atoms with van der Waals surface area (Å²) in [5.41, 5.74) is -0.0905. The van der Waals surface area contributed by atoms with Gasteiger partial charge in [0, 0.05) is 30.6 Å². The van der Waals surface area contributed by atoms with Crippen LogP contribution in [0.4, 0.5) is 0 Å². The van der Waals surface area contributed by atoms with Crippen molar-refractivity contribution in [2.45, 2.75) is 31.2 Å². The van der Waals surface area contributed by atoms with Crippen molar-refractivity contribution in [1.29, 1.82) is 0 Å². The predicted octanol–water partition coefficient (Wildman–Crippen LogP) is 1.80. The first kappa shape index (κ1) is 17.7. The Kier molecular flexibility index (Phi) is 5.56. The molecule has 0 aliphatic heterocycles. The number of hydrogen-bond acceptors (Lipinski definition) is 5. The van der Waals surface area contributed by atoms with Crippen molar-refractivity contribution in [1.82, 2.24) is 9.62 Å². The molecule has 0 bridgehead atoms. The summed E-state index contributed by atoms with van der Waals surface area (Å²) in [5.74, 6) is 0. The molecule has 0 amide bonds. The van der Waals surface area contributed by atoms with Crippen molar-refractivity contribution in [3.8, 4) is 0 Å². The highest BCUT2D eigenvalue weighted by molar-refractivity contribution is 7.89. The average Bonchev–Trinajstić information content (AvgIpc) is 2.53. The first-order valence-electron chi connectivity index (χ1n) is 7.57. The summed E-state index contributed by atoms with van der Waals surface area (Å²) >= 11 is 0. The van der Waals surface area contributed by atoms with E-state index in [1.165, 1.54) is 24.3 Å². The number of fused-ring (bicyclic) bond motifs is 1. The van der Waals surface area contributed by atoms with Gasteiger partial charge in [-0.1, -0.05) is 6.92 Å². The molecule has 7 heteroatoms. The van der Waals surface area contributed by atoms with Crippen LogP contribution in [0.1, 0.15) is 20.3 Å². The van der Waals surface area contributed by atoms with Gasteiger partial charge in [0.2, 0.25) is 10.0 Å². The van der Waals surface area contributed by atoms with E-state index < -0.39 is 15.6 Å². The molecule has 0 saturated heterocycles. The number of nitrogens with one attached hydrogen (secondary N) is 1. The standard InChI is InChI=1S/C16H22N2O4S/c1-4-12(2)18(3)10-9-17-23(20,21)14-6-7-15-13(11-14)5-8-16(19)22-15/h5-8,11-12,17H,4,9-10H2,1-3H3/t12-/m1/s1. The number of hydrogen-bond donors (Lipinski definition) is 1. The van der Waals surface area contributed by atoms with E-state index in [0.717, 1.165) is 6.42 Å². The van der Waals surface area contributed by atoms with Crippen molar-refractivity contribution >= 4 is 21.0 Å². The molecule has 0 spiro atoms. The fraction of sp³-hybridized carbons (Fsp3) is 0.438. The zero-order valence-electron chi connectivity index (χ0n) is 13.6. The lowest BCUT2D eigenvalue weighted by molar-refractivity contribution is 0.256. The molecule has 2 aromatic rings. The van der Waals surface area contributed by atoms with Crippen LogP contribution in [0.15, 0.2) is 44.4 Å². The van der Waals surface area contributed by atoms with Gasteiger partial charge >= 0.3 is 5.63 Å². The second-order valence-corrected chi connectivity index (χ2v) is 7.36. The van der Waals surface area contributed by atoms with Crippen LogP contribution in [0.25, 0.3) is 11.0 Å². The average molecular weight is 338 g/mol. The van der Waals surface area contributed by atoms with Crippen LogP contribution in [-0.2, 0) is 10.0 Å². The minimum absolute atomic E-state index is 0.157. The zero-order valence-corrected chi connectivity index (χ0v) is 14.4.